The van der Waals surface area contributed by atoms with Crippen molar-refractivity contribution in [1.82, 2.24) is 4.90 Å². The molecule has 1 aliphatic heterocycles. The van der Waals surface area contributed by atoms with E-state index in [1.165, 1.54) is 6.08 Å². The van der Waals surface area contributed by atoms with E-state index in [1.807, 2.05) is 11.0 Å². The number of alkyl halides is 1. The fourth-order valence-electron chi connectivity index (χ4n) is 4.65. The Morgan fingerprint density at radius 3 is 2.48 bits per heavy atom. The quantitative estimate of drug-likeness (QED) is 0.714. The minimum Gasteiger partial charge on any atom is -0.379 e. The van der Waals surface area contributed by atoms with Gasteiger partial charge < -0.3 is 5.11 Å². The Bertz CT molecular complexity index is 681. The Morgan fingerprint density at radius 2 is 1.93 bits per heavy atom. The topological polar surface area (TPSA) is 57.6 Å². The highest BCUT2D eigenvalue weighted by Crippen LogP contribution is 2.38. The first-order valence-corrected chi connectivity index (χ1v) is 11.8. The molecule has 27 heavy (non-hydrogen) atoms. The second-order valence-corrected chi connectivity index (χ2v) is 10.7. The van der Waals surface area contributed by atoms with E-state index < -0.39 is 22.2 Å². The van der Waals surface area contributed by atoms with E-state index in [0.717, 1.165) is 31.5 Å². The molecule has 4 unspecified atom stereocenters. The summed E-state index contributed by atoms with van der Waals surface area (Å²) < 4.78 is 53.0. The Balaban J connectivity index is 1.54. The van der Waals surface area contributed by atoms with Crippen molar-refractivity contribution in [2.24, 2.45) is 11.8 Å². The lowest BCUT2D eigenvalue weighted by molar-refractivity contribution is -0.00128. The average molecular weight is 404 g/mol. The van der Waals surface area contributed by atoms with Crippen LogP contribution in [0.1, 0.15) is 51.9 Å². The zero-order valence-electron chi connectivity index (χ0n) is 16.0. The fraction of sp³-hybridized carbons (Fsp3) is 0.800. The van der Waals surface area contributed by atoms with Crippen LogP contribution in [0.15, 0.2) is 23.6 Å². The van der Waals surface area contributed by atoms with Gasteiger partial charge >= 0.3 is 0 Å². The number of nitrogens with zero attached hydrogens (tertiary/aromatic N) is 1. The smallest absolute Gasteiger partial charge is 0.153 e. The van der Waals surface area contributed by atoms with Crippen molar-refractivity contribution < 1.29 is 22.3 Å². The zero-order chi connectivity index (χ0) is 19.6. The van der Waals surface area contributed by atoms with Crippen LogP contribution >= 0.6 is 0 Å². The summed E-state index contributed by atoms with van der Waals surface area (Å²) in [4.78, 5) is 1.97. The first-order chi connectivity index (χ1) is 12.8. The van der Waals surface area contributed by atoms with Gasteiger partial charge in [-0.1, -0.05) is 17.7 Å². The number of rotatable bonds is 5. The van der Waals surface area contributed by atoms with Gasteiger partial charge in [0.2, 0.25) is 0 Å². The van der Waals surface area contributed by atoms with Crippen molar-refractivity contribution in [3.05, 3.63) is 23.6 Å². The predicted molar refractivity (Wildman–Crippen MR) is 102 cm³/mol. The van der Waals surface area contributed by atoms with Crippen LogP contribution in [0.25, 0.3) is 0 Å². The van der Waals surface area contributed by atoms with Crippen LogP contribution in [0.3, 0.4) is 0 Å². The van der Waals surface area contributed by atoms with Crippen LogP contribution in [0.4, 0.5) is 8.78 Å². The van der Waals surface area contributed by atoms with E-state index in [0.29, 0.717) is 25.7 Å². The molecule has 0 amide bonds. The molecule has 0 saturated carbocycles. The van der Waals surface area contributed by atoms with Gasteiger partial charge in [-0.25, -0.2) is 17.2 Å². The second kappa shape index (κ2) is 8.70. The molecule has 0 aromatic rings. The zero-order valence-corrected chi connectivity index (χ0v) is 16.8. The van der Waals surface area contributed by atoms with Crippen LogP contribution in [-0.4, -0.2) is 54.9 Å². The summed E-state index contributed by atoms with van der Waals surface area (Å²) in [6.07, 6.45) is 5.05. The lowest BCUT2D eigenvalue weighted by atomic mass is 9.80. The molecular formula is C20H31F2NO3S. The number of aliphatic hydroxyl groups is 1. The first-order valence-electron chi connectivity index (χ1n) is 10.1. The molecule has 0 spiro atoms. The number of hydrogen-bond donors (Lipinski definition) is 1. The number of hydrogen-bond acceptors (Lipinski definition) is 4. The van der Waals surface area contributed by atoms with Crippen LogP contribution in [0.2, 0.25) is 0 Å². The maximum Gasteiger partial charge on any atom is 0.153 e. The number of aliphatic hydroxyl groups excluding tert-OH is 1. The third kappa shape index (κ3) is 5.18. The summed E-state index contributed by atoms with van der Waals surface area (Å²) in [5, 5.41) is 9.23. The van der Waals surface area contributed by atoms with Gasteiger partial charge in [-0.3, -0.25) is 4.90 Å². The molecule has 1 saturated heterocycles. The van der Waals surface area contributed by atoms with Gasteiger partial charge in [-0.05, 0) is 51.4 Å². The summed E-state index contributed by atoms with van der Waals surface area (Å²) in [5.41, 5.74) is 0.961. The number of halogens is 2. The summed E-state index contributed by atoms with van der Waals surface area (Å²) in [5.74, 6) is -0.315. The van der Waals surface area contributed by atoms with Crippen molar-refractivity contribution in [2.75, 3.05) is 18.8 Å². The Hall–Kier alpha value is -0.790. The summed E-state index contributed by atoms with van der Waals surface area (Å²) >= 11 is 0. The molecule has 0 bridgehead atoms. The number of likely N-dealkylation sites (tertiary alicyclic amines) is 1. The van der Waals surface area contributed by atoms with Crippen LogP contribution < -0.4 is 0 Å². The van der Waals surface area contributed by atoms with Gasteiger partial charge in [0.25, 0.3) is 0 Å². The standard InChI is InChI=1S/C20H31F2NO3S/c1-14(24)23-10-8-15(9-11-23)13-27(25,26)18-5-2-16(3-6-18)19-7-4-17(21)12-20(19)22/h2,4,14-15,18-20,24H,3,5-13H2,1H3. The molecule has 4 atom stereocenters. The monoisotopic (exact) mass is 403 g/mol. The van der Waals surface area contributed by atoms with Gasteiger partial charge in [0, 0.05) is 25.4 Å². The summed E-state index contributed by atoms with van der Waals surface area (Å²) in [6, 6.07) is 0. The lowest BCUT2D eigenvalue weighted by Gasteiger charge is -2.34. The largest absolute Gasteiger partial charge is 0.379 e. The van der Waals surface area contributed by atoms with Crippen molar-refractivity contribution in [1.29, 1.82) is 0 Å². The highest BCUT2D eigenvalue weighted by molar-refractivity contribution is 7.92. The fourth-order valence-corrected chi connectivity index (χ4v) is 6.78. The normalized spacial score (nSPS) is 32.7. The van der Waals surface area contributed by atoms with E-state index in [1.54, 1.807) is 6.92 Å². The van der Waals surface area contributed by atoms with Gasteiger partial charge in [0.05, 0.1) is 16.8 Å². The Morgan fingerprint density at radius 1 is 1.22 bits per heavy atom. The number of piperidine rings is 1. The van der Waals surface area contributed by atoms with Crippen molar-refractivity contribution in [2.45, 2.75) is 69.5 Å². The third-order valence-corrected chi connectivity index (χ3v) is 8.83. The number of allylic oxidation sites excluding steroid dienone is 4. The second-order valence-electron chi connectivity index (χ2n) is 8.33. The van der Waals surface area contributed by atoms with E-state index in [4.69, 9.17) is 0 Å². The van der Waals surface area contributed by atoms with E-state index in [2.05, 4.69) is 0 Å². The first kappa shape index (κ1) is 20.9. The van der Waals surface area contributed by atoms with Gasteiger partial charge in [-0.2, -0.15) is 0 Å². The maximum atomic E-state index is 14.1. The molecule has 1 heterocycles. The highest BCUT2D eigenvalue weighted by atomic mass is 32.2. The van der Waals surface area contributed by atoms with Crippen LogP contribution in [-0.2, 0) is 9.84 Å². The number of sulfone groups is 1. The SMILES string of the molecule is CC(O)N1CCC(CS(=O)(=O)C2CC=C(C3CC=C(F)CC3F)CC2)CC1. The molecule has 1 N–H and O–H groups in total. The lowest BCUT2D eigenvalue weighted by Crippen LogP contribution is -2.42. The Labute approximate surface area is 161 Å². The predicted octanol–water partition coefficient (Wildman–Crippen LogP) is 3.53. The van der Waals surface area contributed by atoms with Gasteiger partial charge in [-0.15, -0.1) is 0 Å². The molecule has 0 radical (unpaired) electrons. The van der Waals surface area contributed by atoms with E-state index in [-0.39, 0.29) is 35.1 Å². The molecule has 1 fully saturated rings. The van der Waals surface area contributed by atoms with Gasteiger partial charge in [0.1, 0.15) is 12.4 Å². The van der Waals surface area contributed by atoms with E-state index >= 15 is 0 Å². The molecular weight excluding hydrogens is 372 g/mol. The maximum absolute atomic E-state index is 14.1. The summed E-state index contributed by atoms with van der Waals surface area (Å²) in [7, 11) is -3.19. The molecule has 0 aromatic heterocycles. The molecule has 154 valence electrons. The molecule has 4 nitrogen and oxygen atoms in total. The Kier molecular flexibility index (Phi) is 6.75. The molecule has 0 aromatic carbocycles. The minimum atomic E-state index is -3.19. The summed E-state index contributed by atoms with van der Waals surface area (Å²) in [6.45, 7) is 3.20. The van der Waals surface area contributed by atoms with Crippen LogP contribution in [0, 0.1) is 11.8 Å². The molecule has 2 aliphatic carbocycles. The van der Waals surface area contributed by atoms with Crippen LogP contribution in [0.5, 0.6) is 0 Å². The van der Waals surface area contributed by atoms with E-state index in [9.17, 15) is 22.3 Å². The van der Waals surface area contributed by atoms with Crippen molar-refractivity contribution in [3.8, 4) is 0 Å². The minimum absolute atomic E-state index is 0.150. The van der Waals surface area contributed by atoms with Crippen molar-refractivity contribution >= 4 is 9.84 Å². The molecule has 3 aliphatic rings. The molecule has 3 rings (SSSR count). The highest BCUT2D eigenvalue weighted by Gasteiger charge is 2.35. The van der Waals surface area contributed by atoms with Crippen molar-refractivity contribution in [3.63, 3.8) is 0 Å². The molecule has 7 heteroatoms. The third-order valence-electron chi connectivity index (χ3n) is 6.45. The van der Waals surface area contributed by atoms with Gasteiger partial charge in [0.15, 0.2) is 9.84 Å². The average Bonchev–Trinajstić information content (AvgIpc) is 2.62.